The number of aromatic nitrogens is 1. The third-order valence-corrected chi connectivity index (χ3v) is 4.28. The van der Waals surface area contributed by atoms with Crippen LogP contribution in [0.25, 0.3) is 0 Å². The summed E-state index contributed by atoms with van der Waals surface area (Å²) < 4.78 is 0. The summed E-state index contributed by atoms with van der Waals surface area (Å²) in [6, 6.07) is 0.250. The van der Waals surface area contributed by atoms with Gasteiger partial charge in [0.25, 0.3) is 0 Å². The summed E-state index contributed by atoms with van der Waals surface area (Å²) in [6.07, 6.45) is 4.39. The van der Waals surface area contributed by atoms with Gasteiger partial charge in [-0.05, 0) is 19.3 Å². The van der Waals surface area contributed by atoms with Crippen LogP contribution in [-0.2, 0) is 13.0 Å². The van der Waals surface area contributed by atoms with Crippen molar-refractivity contribution in [1.82, 2.24) is 15.6 Å². The van der Waals surface area contributed by atoms with Crippen LogP contribution in [0.4, 0.5) is 9.93 Å². The van der Waals surface area contributed by atoms with Gasteiger partial charge in [0, 0.05) is 30.4 Å². The highest BCUT2D eigenvalue weighted by atomic mass is 32.1. The van der Waals surface area contributed by atoms with E-state index in [9.17, 15) is 4.79 Å². The third kappa shape index (κ3) is 2.42. The maximum absolute atomic E-state index is 11.7. The van der Waals surface area contributed by atoms with Gasteiger partial charge >= 0.3 is 6.03 Å². The molecule has 0 aromatic carbocycles. The summed E-state index contributed by atoms with van der Waals surface area (Å²) in [5.74, 6) is 0. The van der Waals surface area contributed by atoms with Crippen LogP contribution in [0, 0.1) is 0 Å². The van der Waals surface area contributed by atoms with Crippen LogP contribution in [-0.4, -0.2) is 23.6 Å². The number of rotatable bonds is 2. The van der Waals surface area contributed by atoms with Crippen molar-refractivity contribution in [1.29, 1.82) is 0 Å². The van der Waals surface area contributed by atoms with Gasteiger partial charge in [0.15, 0.2) is 5.13 Å². The van der Waals surface area contributed by atoms with Crippen LogP contribution in [0.5, 0.6) is 0 Å². The lowest BCUT2D eigenvalue weighted by Crippen LogP contribution is -2.41. The first-order valence-electron chi connectivity index (χ1n) is 6.08. The second kappa shape index (κ2) is 4.62. The zero-order valence-corrected chi connectivity index (χ0v) is 10.4. The number of hydrogen-bond acceptors (Lipinski definition) is 4. The van der Waals surface area contributed by atoms with Crippen molar-refractivity contribution in [2.24, 2.45) is 0 Å². The molecule has 1 aromatic heterocycles. The van der Waals surface area contributed by atoms with Crippen molar-refractivity contribution in [2.45, 2.75) is 38.3 Å². The monoisotopic (exact) mass is 252 g/mol. The first-order chi connectivity index (χ1) is 8.31. The van der Waals surface area contributed by atoms with Crippen LogP contribution in [0.1, 0.15) is 29.8 Å². The van der Waals surface area contributed by atoms with Crippen molar-refractivity contribution in [2.75, 3.05) is 11.9 Å². The minimum absolute atomic E-state index is 0.117. The lowest BCUT2D eigenvalue weighted by molar-refractivity contribution is 0.240. The summed E-state index contributed by atoms with van der Waals surface area (Å²) in [5, 5.41) is 9.79. The van der Waals surface area contributed by atoms with E-state index in [0.29, 0.717) is 6.04 Å². The van der Waals surface area contributed by atoms with Crippen molar-refractivity contribution in [3.05, 3.63) is 10.6 Å². The Kier molecular flexibility index (Phi) is 2.98. The zero-order valence-electron chi connectivity index (χ0n) is 9.58. The lowest BCUT2D eigenvalue weighted by Gasteiger charge is -2.26. The minimum Gasteiger partial charge on any atom is -0.335 e. The van der Waals surface area contributed by atoms with Crippen molar-refractivity contribution in [3.8, 4) is 0 Å². The first-order valence-corrected chi connectivity index (χ1v) is 6.90. The molecule has 3 rings (SSSR count). The van der Waals surface area contributed by atoms with Gasteiger partial charge < -0.3 is 10.6 Å². The lowest BCUT2D eigenvalue weighted by atomic mass is 9.93. The predicted octanol–water partition coefficient (Wildman–Crippen LogP) is 1.46. The van der Waals surface area contributed by atoms with Gasteiger partial charge in [-0.2, -0.15) is 0 Å². The maximum Gasteiger partial charge on any atom is 0.321 e. The zero-order chi connectivity index (χ0) is 11.7. The summed E-state index contributed by atoms with van der Waals surface area (Å²) in [7, 11) is 0. The van der Waals surface area contributed by atoms with E-state index >= 15 is 0 Å². The number of anilines is 1. The maximum atomic E-state index is 11.7. The number of nitrogens with one attached hydrogen (secondary N) is 3. The molecule has 1 aromatic rings. The van der Waals surface area contributed by atoms with Crippen LogP contribution in [0.15, 0.2) is 0 Å². The van der Waals surface area contributed by atoms with E-state index in [1.54, 1.807) is 11.3 Å². The van der Waals surface area contributed by atoms with Crippen molar-refractivity contribution >= 4 is 22.5 Å². The Balaban J connectivity index is 1.60. The number of nitrogens with zero attached hydrogens (tertiary/aromatic N) is 1. The van der Waals surface area contributed by atoms with Gasteiger partial charge in [0.1, 0.15) is 0 Å². The summed E-state index contributed by atoms with van der Waals surface area (Å²) >= 11 is 1.57. The van der Waals surface area contributed by atoms with E-state index in [0.717, 1.165) is 43.2 Å². The average molecular weight is 252 g/mol. The standard InChI is InChI=1S/C11H16N4OS/c16-10(13-7-2-1-3-7)15-11-14-8-4-5-12-6-9(8)17-11/h7,12H,1-6H2,(H2,13,14,15,16). The summed E-state index contributed by atoms with van der Waals surface area (Å²) in [4.78, 5) is 17.4. The molecule has 2 amide bonds. The Morgan fingerprint density at radius 3 is 3.06 bits per heavy atom. The minimum atomic E-state index is -0.117. The largest absolute Gasteiger partial charge is 0.335 e. The fraction of sp³-hybridized carbons (Fsp3) is 0.636. The smallest absolute Gasteiger partial charge is 0.321 e. The molecule has 2 heterocycles. The highest BCUT2D eigenvalue weighted by Gasteiger charge is 2.20. The molecule has 2 aliphatic rings. The number of carbonyl (C=O) groups excluding carboxylic acids is 1. The molecule has 3 N–H and O–H groups in total. The molecule has 1 aliphatic carbocycles. The van der Waals surface area contributed by atoms with Gasteiger partial charge in [-0.15, -0.1) is 11.3 Å². The molecular formula is C11H16N4OS. The second-order valence-corrected chi connectivity index (χ2v) is 5.63. The average Bonchev–Trinajstić information content (AvgIpc) is 2.65. The molecule has 5 nitrogen and oxygen atoms in total. The molecule has 17 heavy (non-hydrogen) atoms. The Labute approximate surface area is 104 Å². The second-order valence-electron chi connectivity index (χ2n) is 4.54. The molecule has 0 bridgehead atoms. The SMILES string of the molecule is O=C(Nc1nc2c(s1)CNCC2)NC1CCC1. The molecule has 1 saturated carbocycles. The molecule has 0 atom stereocenters. The van der Waals surface area contributed by atoms with Gasteiger partial charge in [0.05, 0.1) is 5.69 Å². The van der Waals surface area contributed by atoms with E-state index in [4.69, 9.17) is 0 Å². The summed E-state index contributed by atoms with van der Waals surface area (Å²) in [5.41, 5.74) is 1.13. The molecule has 0 saturated heterocycles. The van der Waals surface area contributed by atoms with Gasteiger partial charge in [-0.3, -0.25) is 5.32 Å². The molecule has 1 fully saturated rings. The number of fused-ring (bicyclic) bond motifs is 1. The van der Waals surface area contributed by atoms with Crippen LogP contribution in [0.3, 0.4) is 0 Å². The van der Waals surface area contributed by atoms with E-state index < -0.39 is 0 Å². The molecule has 0 spiro atoms. The Morgan fingerprint density at radius 1 is 1.47 bits per heavy atom. The molecule has 1 aliphatic heterocycles. The van der Waals surface area contributed by atoms with Gasteiger partial charge in [0.2, 0.25) is 0 Å². The number of hydrogen-bond donors (Lipinski definition) is 3. The van der Waals surface area contributed by atoms with E-state index in [2.05, 4.69) is 20.9 Å². The highest BCUT2D eigenvalue weighted by Crippen LogP contribution is 2.25. The quantitative estimate of drug-likeness (QED) is 0.746. The Hall–Kier alpha value is -1.14. The van der Waals surface area contributed by atoms with E-state index in [-0.39, 0.29) is 6.03 Å². The van der Waals surface area contributed by atoms with Crippen LogP contribution < -0.4 is 16.0 Å². The predicted molar refractivity (Wildman–Crippen MR) is 67.3 cm³/mol. The molecule has 0 unspecified atom stereocenters. The van der Waals surface area contributed by atoms with Gasteiger partial charge in [-0.1, -0.05) is 0 Å². The van der Waals surface area contributed by atoms with Crippen LogP contribution >= 0.6 is 11.3 Å². The van der Waals surface area contributed by atoms with E-state index in [1.807, 2.05) is 0 Å². The Bertz CT molecular complexity index is 404. The Morgan fingerprint density at radius 2 is 2.35 bits per heavy atom. The normalized spacial score (nSPS) is 19.3. The van der Waals surface area contributed by atoms with Gasteiger partial charge in [-0.25, -0.2) is 9.78 Å². The van der Waals surface area contributed by atoms with Crippen molar-refractivity contribution < 1.29 is 4.79 Å². The fourth-order valence-electron chi connectivity index (χ4n) is 2.05. The number of carbonyl (C=O) groups is 1. The van der Waals surface area contributed by atoms with E-state index in [1.165, 1.54) is 11.3 Å². The molecule has 6 heteroatoms. The number of amides is 2. The third-order valence-electron chi connectivity index (χ3n) is 3.26. The first kappa shape index (κ1) is 11.0. The fourth-order valence-corrected chi connectivity index (χ4v) is 3.02. The highest BCUT2D eigenvalue weighted by molar-refractivity contribution is 7.15. The number of thiazole rings is 1. The van der Waals surface area contributed by atoms with Crippen molar-refractivity contribution in [3.63, 3.8) is 0 Å². The topological polar surface area (TPSA) is 66.0 Å². The molecule has 92 valence electrons. The molecular weight excluding hydrogens is 236 g/mol. The number of urea groups is 1. The summed E-state index contributed by atoms with van der Waals surface area (Å²) in [6.45, 7) is 1.85. The van der Waals surface area contributed by atoms with Crippen LogP contribution in [0.2, 0.25) is 0 Å². The molecule has 0 radical (unpaired) electrons.